The molecule has 1 heterocycles. The number of rotatable bonds is 7. The van der Waals surface area contributed by atoms with Gasteiger partial charge in [-0.2, -0.15) is 0 Å². The number of amides is 2. The number of aliphatic hydroxyl groups excluding tert-OH is 2. The molecule has 0 radical (unpaired) electrons. The quantitative estimate of drug-likeness (QED) is 0.487. The summed E-state index contributed by atoms with van der Waals surface area (Å²) < 4.78 is 4.91. The molecular formula is C14H23NO6. The minimum absolute atomic E-state index is 0.0145. The molecule has 0 aliphatic carbocycles. The van der Waals surface area contributed by atoms with E-state index >= 15 is 0 Å². The van der Waals surface area contributed by atoms with Gasteiger partial charge in [-0.15, -0.1) is 0 Å². The van der Waals surface area contributed by atoms with Gasteiger partial charge >= 0.3 is 5.97 Å². The number of esters is 1. The third-order valence-corrected chi connectivity index (χ3v) is 3.64. The van der Waals surface area contributed by atoms with Crippen molar-refractivity contribution in [2.75, 3.05) is 19.8 Å². The second-order valence-electron chi connectivity index (χ2n) is 5.56. The first-order valence-electron chi connectivity index (χ1n) is 7.10. The summed E-state index contributed by atoms with van der Waals surface area (Å²) in [6.45, 7) is 4.40. The van der Waals surface area contributed by atoms with Crippen LogP contribution < -0.4 is 0 Å². The number of imide groups is 1. The fraction of sp³-hybridized carbons (Fsp3) is 0.786. The van der Waals surface area contributed by atoms with E-state index in [1.807, 2.05) is 0 Å². The molecule has 7 nitrogen and oxygen atoms in total. The molecule has 0 aromatic rings. The first kappa shape index (κ1) is 17.6. The lowest BCUT2D eigenvalue weighted by molar-refractivity contribution is -0.151. The maximum atomic E-state index is 12.1. The molecule has 0 aromatic carbocycles. The van der Waals surface area contributed by atoms with Crippen molar-refractivity contribution in [3.63, 3.8) is 0 Å². The lowest BCUT2D eigenvalue weighted by Crippen LogP contribution is -2.34. The molecule has 1 rings (SSSR count). The van der Waals surface area contributed by atoms with Crippen molar-refractivity contribution in [2.24, 2.45) is 17.8 Å². The van der Waals surface area contributed by atoms with Gasteiger partial charge in [0, 0.05) is 5.92 Å². The van der Waals surface area contributed by atoms with Gasteiger partial charge < -0.3 is 14.9 Å². The van der Waals surface area contributed by atoms with Crippen molar-refractivity contribution in [3.05, 3.63) is 0 Å². The number of hydrogen-bond donors (Lipinski definition) is 2. The predicted octanol–water partition coefficient (Wildman–Crippen LogP) is -0.450. The van der Waals surface area contributed by atoms with Gasteiger partial charge in [0.05, 0.1) is 31.1 Å². The van der Waals surface area contributed by atoms with E-state index in [0.29, 0.717) is 0 Å². The lowest BCUT2D eigenvalue weighted by atomic mass is 9.88. The van der Waals surface area contributed by atoms with Gasteiger partial charge in [0.15, 0.2) is 0 Å². The van der Waals surface area contributed by atoms with E-state index in [1.165, 1.54) is 6.92 Å². The van der Waals surface area contributed by atoms with Crippen LogP contribution in [0.5, 0.6) is 0 Å². The summed E-state index contributed by atoms with van der Waals surface area (Å²) in [7, 11) is 0. The van der Waals surface area contributed by atoms with Crippen molar-refractivity contribution < 1.29 is 29.3 Å². The van der Waals surface area contributed by atoms with Crippen LogP contribution in [0.3, 0.4) is 0 Å². The van der Waals surface area contributed by atoms with Crippen LogP contribution in [0.4, 0.5) is 0 Å². The third kappa shape index (κ3) is 4.25. The summed E-state index contributed by atoms with van der Waals surface area (Å²) in [6, 6.07) is 0. The molecular weight excluding hydrogens is 278 g/mol. The van der Waals surface area contributed by atoms with Crippen molar-refractivity contribution in [2.45, 2.75) is 33.3 Å². The summed E-state index contributed by atoms with van der Waals surface area (Å²) in [4.78, 5) is 36.9. The van der Waals surface area contributed by atoms with Crippen LogP contribution >= 0.6 is 0 Å². The van der Waals surface area contributed by atoms with Crippen LogP contribution in [-0.2, 0) is 19.1 Å². The van der Waals surface area contributed by atoms with E-state index in [-0.39, 0.29) is 38.0 Å². The fourth-order valence-electron chi connectivity index (χ4n) is 2.39. The van der Waals surface area contributed by atoms with E-state index in [4.69, 9.17) is 14.9 Å². The maximum absolute atomic E-state index is 12.1. The van der Waals surface area contributed by atoms with Crippen molar-refractivity contribution in [1.82, 2.24) is 4.90 Å². The largest absolute Gasteiger partial charge is 0.463 e. The first-order chi connectivity index (χ1) is 9.79. The number of ether oxygens (including phenoxy) is 1. The molecule has 4 unspecified atom stereocenters. The summed E-state index contributed by atoms with van der Waals surface area (Å²) in [6.07, 6.45) is -0.526. The summed E-state index contributed by atoms with van der Waals surface area (Å²) in [5.74, 6) is -2.78. The van der Waals surface area contributed by atoms with E-state index in [2.05, 4.69) is 0 Å². The lowest BCUT2D eigenvalue weighted by Gasteiger charge is -2.17. The molecule has 1 fully saturated rings. The molecule has 21 heavy (non-hydrogen) atoms. The van der Waals surface area contributed by atoms with E-state index in [1.54, 1.807) is 13.8 Å². The number of likely N-dealkylation sites (tertiary alicyclic amines) is 1. The Balaban J connectivity index is 2.63. The van der Waals surface area contributed by atoms with Gasteiger partial charge in [-0.1, -0.05) is 13.8 Å². The molecule has 1 saturated heterocycles. The average molecular weight is 301 g/mol. The second kappa shape index (κ2) is 7.51. The van der Waals surface area contributed by atoms with Gasteiger partial charge in [0.2, 0.25) is 11.8 Å². The van der Waals surface area contributed by atoms with Gasteiger partial charge in [-0.05, 0) is 13.3 Å². The zero-order valence-electron chi connectivity index (χ0n) is 12.6. The molecule has 2 amide bonds. The van der Waals surface area contributed by atoms with Crippen LogP contribution in [0.25, 0.3) is 0 Å². The topological polar surface area (TPSA) is 104 Å². The third-order valence-electron chi connectivity index (χ3n) is 3.64. The molecule has 1 aliphatic heterocycles. The van der Waals surface area contributed by atoms with Gasteiger partial charge in [-0.3, -0.25) is 19.3 Å². The molecule has 1 aliphatic rings. The second-order valence-corrected chi connectivity index (χ2v) is 5.56. The summed E-state index contributed by atoms with van der Waals surface area (Å²) in [5.41, 5.74) is 0. The van der Waals surface area contributed by atoms with Gasteiger partial charge in [-0.25, -0.2) is 0 Å². The fourth-order valence-corrected chi connectivity index (χ4v) is 2.39. The SMILES string of the molecule is CC(O)COC(=O)C(C)CC1C(=O)N(CCO)C(=O)C1C. The number of carbonyl (C=O) groups is 3. The van der Waals surface area contributed by atoms with E-state index in [9.17, 15) is 14.4 Å². The number of carbonyl (C=O) groups excluding carboxylic acids is 3. The maximum Gasteiger partial charge on any atom is 0.308 e. The van der Waals surface area contributed by atoms with E-state index < -0.39 is 29.8 Å². The van der Waals surface area contributed by atoms with Gasteiger partial charge in [0.25, 0.3) is 0 Å². The molecule has 2 N–H and O–H groups in total. The Morgan fingerprint density at radius 3 is 2.48 bits per heavy atom. The summed E-state index contributed by atoms with van der Waals surface area (Å²) >= 11 is 0. The van der Waals surface area contributed by atoms with Gasteiger partial charge in [0.1, 0.15) is 6.61 Å². The Morgan fingerprint density at radius 2 is 1.95 bits per heavy atom. The normalized spacial score (nSPS) is 25.1. The van der Waals surface area contributed by atoms with Crippen LogP contribution in [0.15, 0.2) is 0 Å². The molecule has 0 spiro atoms. The zero-order valence-corrected chi connectivity index (χ0v) is 12.6. The zero-order chi connectivity index (χ0) is 16.2. The number of hydrogen-bond acceptors (Lipinski definition) is 6. The summed E-state index contributed by atoms with van der Waals surface area (Å²) in [5, 5.41) is 18.0. The van der Waals surface area contributed by atoms with Crippen molar-refractivity contribution in [3.8, 4) is 0 Å². The molecule has 7 heteroatoms. The number of β-amino-alcohol motifs (C(OH)–C–C–N with tert-alkyl or cyclic N) is 1. The molecule has 120 valence electrons. The predicted molar refractivity (Wildman–Crippen MR) is 72.9 cm³/mol. The Labute approximate surface area is 123 Å². The smallest absolute Gasteiger partial charge is 0.308 e. The van der Waals surface area contributed by atoms with E-state index in [0.717, 1.165) is 4.90 Å². The number of nitrogens with zero attached hydrogens (tertiary/aromatic N) is 1. The Kier molecular flexibility index (Phi) is 6.29. The minimum atomic E-state index is -0.741. The molecule has 4 atom stereocenters. The minimum Gasteiger partial charge on any atom is -0.463 e. The Hall–Kier alpha value is -1.47. The highest BCUT2D eigenvalue weighted by molar-refractivity contribution is 6.05. The van der Waals surface area contributed by atoms with Crippen LogP contribution in [-0.4, -0.2) is 58.8 Å². The first-order valence-corrected chi connectivity index (χ1v) is 7.10. The Morgan fingerprint density at radius 1 is 1.33 bits per heavy atom. The number of aliphatic hydroxyl groups is 2. The highest BCUT2D eigenvalue weighted by atomic mass is 16.5. The van der Waals surface area contributed by atoms with Crippen molar-refractivity contribution >= 4 is 17.8 Å². The monoisotopic (exact) mass is 301 g/mol. The van der Waals surface area contributed by atoms with Crippen LogP contribution in [0.1, 0.15) is 27.2 Å². The molecule has 0 bridgehead atoms. The van der Waals surface area contributed by atoms with Crippen LogP contribution in [0.2, 0.25) is 0 Å². The van der Waals surface area contributed by atoms with Crippen molar-refractivity contribution in [1.29, 1.82) is 0 Å². The average Bonchev–Trinajstić information content (AvgIpc) is 2.62. The highest BCUT2D eigenvalue weighted by Gasteiger charge is 2.45. The highest BCUT2D eigenvalue weighted by Crippen LogP contribution is 2.31. The standard InChI is InChI=1S/C14H23NO6/c1-8(14(20)21-7-9(2)17)6-11-10(3)12(18)15(4-5-16)13(11)19/h8-11,16-17H,4-7H2,1-3H3. The molecule has 0 aromatic heterocycles. The Bertz CT molecular complexity index is 408. The van der Waals surface area contributed by atoms with Crippen LogP contribution in [0, 0.1) is 17.8 Å². The molecule has 0 saturated carbocycles.